The molecule has 0 aliphatic carbocycles. The molecule has 0 saturated heterocycles. The highest BCUT2D eigenvalue weighted by Crippen LogP contribution is 2.17. The van der Waals surface area contributed by atoms with Gasteiger partial charge in [-0.3, -0.25) is 5.32 Å². The summed E-state index contributed by atoms with van der Waals surface area (Å²) in [6.07, 6.45) is 6.36. The first kappa shape index (κ1) is 12.6. The summed E-state index contributed by atoms with van der Waals surface area (Å²) in [6, 6.07) is 8.43. The predicted octanol–water partition coefficient (Wildman–Crippen LogP) is 2.76. The molecule has 0 spiro atoms. The van der Waals surface area contributed by atoms with Crippen molar-refractivity contribution in [1.29, 1.82) is 0 Å². The maximum Gasteiger partial charge on any atom is 0.118 e. The average Bonchev–Trinajstić information content (AvgIpc) is 2.35. The Morgan fingerprint density at radius 3 is 2.44 bits per heavy atom. The number of terminal acetylenes is 1. The number of rotatable bonds is 5. The van der Waals surface area contributed by atoms with E-state index in [1.54, 1.807) is 7.11 Å². The average molecular weight is 217 g/mol. The first-order valence-electron chi connectivity index (χ1n) is 5.57. The minimum atomic E-state index is 0.136. The Hall–Kier alpha value is -1.46. The predicted molar refractivity (Wildman–Crippen MR) is 67.5 cm³/mol. The maximum atomic E-state index is 5.42. The van der Waals surface area contributed by atoms with Crippen LogP contribution in [0.1, 0.15) is 31.9 Å². The van der Waals surface area contributed by atoms with Gasteiger partial charge in [0, 0.05) is 6.04 Å². The molecule has 0 aromatic heterocycles. The summed E-state index contributed by atoms with van der Waals surface area (Å²) in [4.78, 5) is 0. The van der Waals surface area contributed by atoms with Crippen LogP contribution in [0.5, 0.6) is 5.75 Å². The Morgan fingerprint density at radius 1 is 1.38 bits per heavy atom. The molecule has 1 N–H and O–H groups in total. The summed E-state index contributed by atoms with van der Waals surface area (Å²) in [5.74, 6) is 3.61. The van der Waals surface area contributed by atoms with Crippen LogP contribution in [0.15, 0.2) is 24.3 Å². The monoisotopic (exact) mass is 217 g/mol. The molecule has 0 radical (unpaired) electrons. The van der Waals surface area contributed by atoms with Crippen molar-refractivity contribution < 1.29 is 4.74 Å². The van der Waals surface area contributed by atoms with Gasteiger partial charge in [-0.05, 0) is 31.0 Å². The third kappa shape index (κ3) is 3.29. The van der Waals surface area contributed by atoms with Gasteiger partial charge in [-0.25, -0.2) is 0 Å². The smallest absolute Gasteiger partial charge is 0.118 e. The molecule has 86 valence electrons. The molecule has 1 aromatic rings. The molecule has 2 heteroatoms. The minimum absolute atomic E-state index is 0.136. The summed E-state index contributed by atoms with van der Waals surface area (Å²) < 4.78 is 5.12. The molecule has 0 saturated carbocycles. The van der Waals surface area contributed by atoms with Crippen molar-refractivity contribution >= 4 is 0 Å². The van der Waals surface area contributed by atoms with E-state index in [1.807, 2.05) is 12.1 Å². The van der Waals surface area contributed by atoms with Gasteiger partial charge in [-0.2, -0.15) is 0 Å². The van der Waals surface area contributed by atoms with Gasteiger partial charge < -0.3 is 4.74 Å². The van der Waals surface area contributed by atoms with E-state index in [9.17, 15) is 0 Å². The number of hydrogen-bond donors (Lipinski definition) is 1. The summed E-state index contributed by atoms with van der Waals surface area (Å²) in [5, 5.41) is 3.39. The highest BCUT2D eigenvalue weighted by molar-refractivity contribution is 5.29. The Labute approximate surface area is 98.0 Å². The van der Waals surface area contributed by atoms with Gasteiger partial charge in [-0.15, -0.1) is 6.42 Å². The van der Waals surface area contributed by atoms with Crippen LogP contribution < -0.4 is 10.1 Å². The van der Waals surface area contributed by atoms with Crippen molar-refractivity contribution in [3.05, 3.63) is 29.8 Å². The minimum Gasteiger partial charge on any atom is -0.497 e. The molecule has 0 bridgehead atoms. The SMILES string of the molecule is C#CC(CC)N[C@H](C)c1ccc(OC)cc1. The lowest BCUT2D eigenvalue weighted by molar-refractivity contribution is 0.414. The fraction of sp³-hybridized carbons (Fsp3) is 0.429. The fourth-order valence-electron chi connectivity index (χ4n) is 1.57. The van der Waals surface area contributed by atoms with E-state index in [0.29, 0.717) is 0 Å². The van der Waals surface area contributed by atoms with E-state index < -0.39 is 0 Å². The zero-order valence-corrected chi connectivity index (χ0v) is 10.2. The van der Waals surface area contributed by atoms with Gasteiger partial charge in [0.2, 0.25) is 0 Å². The van der Waals surface area contributed by atoms with E-state index in [1.165, 1.54) is 5.56 Å². The van der Waals surface area contributed by atoms with Crippen LogP contribution in [0.25, 0.3) is 0 Å². The molecule has 1 aromatic carbocycles. The Morgan fingerprint density at radius 2 is 2.00 bits per heavy atom. The molecule has 0 aliphatic rings. The number of methoxy groups -OCH3 is 1. The second kappa shape index (κ2) is 6.19. The third-order valence-electron chi connectivity index (χ3n) is 2.68. The molecular weight excluding hydrogens is 198 g/mol. The molecule has 16 heavy (non-hydrogen) atoms. The van der Waals surface area contributed by atoms with Crippen LogP contribution in [0.2, 0.25) is 0 Å². The van der Waals surface area contributed by atoms with Crippen molar-refractivity contribution in [3.63, 3.8) is 0 Å². The number of nitrogens with one attached hydrogen (secondary N) is 1. The lowest BCUT2D eigenvalue weighted by atomic mass is 10.1. The van der Waals surface area contributed by atoms with E-state index in [-0.39, 0.29) is 12.1 Å². The van der Waals surface area contributed by atoms with Crippen molar-refractivity contribution in [2.45, 2.75) is 32.4 Å². The van der Waals surface area contributed by atoms with Crippen molar-refractivity contribution in [1.82, 2.24) is 5.32 Å². The van der Waals surface area contributed by atoms with E-state index in [4.69, 9.17) is 11.2 Å². The number of hydrogen-bond acceptors (Lipinski definition) is 2. The van der Waals surface area contributed by atoms with Crippen LogP contribution in [-0.2, 0) is 0 Å². The summed E-state index contributed by atoms with van der Waals surface area (Å²) in [6.45, 7) is 4.19. The van der Waals surface area contributed by atoms with Crippen molar-refractivity contribution in [3.8, 4) is 18.1 Å². The van der Waals surface area contributed by atoms with Gasteiger partial charge in [0.25, 0.3) is 0 Å². The first-order chi connectivity index (χ1) is 7.71. The van der Waals surface area contributed by atoms with Crippen LogP contribution >= 0.6 is 0 Å². The summed E-state index contributed by atoms with van der Waals surface area (Å²) >= 11 is 0. The number of benzene rings is 1. The van der Waals surface area contributed by atoms with Gasteiger partial charge in [0.1, 0.15) is 5.75 Å². The quantitative estimate of drug-likeness (QED) is 0.766. The molecule has 0 heterocycles. The van der Waals surface area contributed by atoms with Gasteiger partial charge in [0.15, 0.2) is 0 Å². The zero-order chi connectivity index (χ0) is 12.0. The van der Waals surface area contributed by atoms with E-state index >= 15 is 0 Å². The topological polar surface area (TPSA) is 21.3 Å². The summed E-state index contributed by atoms with van der Waals surface area (Å²) in [7, 11) is 1.67. The molecule has 2 atom stereocenters. The molecule has 0 aliphatic heterocycles. The summed E-state index contributed by atoms with van der Waals surface area (Å²) in [5.41, 5.74) is 1.22. The lowest BCUT2D eigenvalue weighted by Gasteiger charge is -2.18. The molecule has 1 rings (SSSR count). The second-order valence-corrected chi connectivity index (χ2v) is 3.79. The molecule has 1 unspecified atom stereocenters. The highest BCUT2D eigenvalue weighted by Gasteiger charge is 2.09. The molecule has 2 nitrogen and oxygen atoms in total. The van der Waals surface area contributed by atoms with Crippen molar-refractivity contribution in [2.24, 2.45) is 0 Å². The van der Waals surface area contributed by atoms with E-state index in [2.05, 4.69) is 37.2 Å². The third-order valence-corrected chi connectivity index (χ3v) is 2.68. The van der Waals surface area contributed by atoms with E-state index in [0.717, 1.165) is 12.2 Å². The second-order valence-electron chi connectivity index (χ2n) is 3.79. The first-order valence-corrected chi connectivity index (χ1v) is 5.57. The Balaban J connectivity index is 2.65. The zero-order valence-electron chi connectivity index (χ0n) is 10.2. The van der Waals surface area contributed by atoms with Crippen LogP contribution in [-0.4, -0.2) is 13.2 Å². The van der Waals surface area contributed by atoms with Crippen LogP contribution in [0.4, 0.5) is 0 Å². The maximum absolute atomic E-state index is 5.42. The van der Waals surface area contributed by atoms with Crippen LogP contribution in [0.3, 0.4) is 0 Å². The number of ether oxygens (including phenoxy) is 1. The molecule has 0 fully saturated rings. The highest BCUT2D eigenvalue weighted by atomic mass is 16.5. The molecular formula is C14H19NO. The normalized spacial score (nSPS) is 13.9. The van der Waals surface area contributed by atoms with Gasteiger partial charge >= 0.3 is 0 Å². The molecule has 0 amide bonds. The largest absolute Gasteiger partial charge is 0.497 e. The van der Waals surface area contributed by atoms with Crippen LogP contribution in [0, 0.1) is 12.3 Å². The Kier molecular flexibility index (Phi) is 4.88. The van der Waals surface area contributed by atoms with Gasteiger partial charge in [0.05, 0.1) is 13.2 Å². The fourth-order valence-corrected chi connectivity index (χ4v) is 1.57. The Bertz CT molecular complexity index is 350. The standard InChI is InChI=1S/C14H19NO/c1-5-13(6-2)15-11(3)12-7-9-14(16-4)10-8-12/h1,7-11,13,15H,6H2,2-4H3/t11-,13?/m1/s1. The van der Waals surface area contributed by atoms with Gasteiger partial charge in [-0.1, -0.05) is 25.0 Å². The lowest BCUT2D eigenvalue weighted by Crippen LogP contribution is -2.29. The van der Waals surface area contributed by atoms with Crippen molar-refractivity contribution in [2.75, 3.05) is 7.11 Å².